The third kappa shape index (κ3) is 8.17. The van der Waals surface area contributed by atoms with Crippen LogP contribution in [0.15, 0.2) is 24.3 Å². The standard InChI is InChI=1S/C21H23F11N2O3/c1-2-3-4-5-6-7-12-33-15(35)13-8-10-14(11-9-13)34-16(36)17(22,19(25,26)27)37-21(31,32)18(23,24)20(28,29)30/h8-11H,2-7,12H2,1H3,(H,33,35)(H,34,36). The predicted octanol–water partition coefficient (Wildman–Crippen LogP) is 6.75. The fourth-order valence-corrected chi connectivity index (χ4v) is 2.76. The molecular formula is C21H23F11N2O3. The van der Waals surface area contributed by atoms with Gasteiger partial charge in [0.2, 0.25) is 0 Å². The molecule has 0 saturated carbocycles. The number of anilines is 1. The SMILES string of the molecule is CCCCCCCCNC(=O)c1ccc(NC(=O)C(F)(OC(F)(F)C(F)(F)C(F)(F)F)C(F)(F)F)cc1. The summed E-state index contributed by atoms with van der Waals surface area (Å²) in [6.45, 7) is 2.35. The summed E-state index contributed by atoms with van der Waals surface area (Å²) in [6, 6.07) is 3.34. The molecule has 2 amide bonds. The third-order valence-electron chi connectivity index (χ3n) is 4.87. The normalized spacial score (nSPS) is 14.7. The van der Waals surface area contributed by atoms with Crippen molar-refractivity contribution in [1.29, 1.82) is 0 Å². The number of nitrogens with one attached hydrogen (secondary N) is 2. The Hall–Kier alpha value is -2.65. The van der Waals surface area contributed by atoms with E-state index in [1.165, 1.54) is 0 Å². The van der Waals surface area contributed by atoms with Crippen LogP contribution in [0.4, 0.5) is 54.0 Å². The summed E-state index contributed by atoms with van der Waals surface area (Å²) < 4.78 is 144. The first-order chi connectivity index (χ1) is 16.8. The molecule has 0 fully saturated rings. The Morgan fingerprint density at radius 3 is 1.76 bits per heavy atom. The van der Waals surface area contributed by atoms with Gasteiger partial charge >= 0.3 is 30.2 Å². The number of alkyl halides is 11. The summed E-state index contributed by atoms with van der Waals surface area (Å²) in [5.41, 5.74) is -0.822. The molecule has 212 valence electrons. The van der Waals surface area contributed by atoms with Gasteiger partial charge in [-0.1, -0.05) is 39.0 Å². The first kappa shape index (κ1) is 32.4. The van der Waals surface area contributed by atoms with Crippen LogP contribution in [-0.4, -0.2) is 48.6 Å². The van der Waals surface area contributed by atoms with Crippen LogP contribution < -0.4 is 10.6 Å². The fraction of sp³-hybridized carbons (Fsp3) is 0.619. The van der Waals surface area contributed by atoms with E-state index in [1.807, 2.05) is 6.92 Å². The van der Waals surface area contributed by atoms with Gasteiger partial charge < -0.3 is 10.6 Å². The van der Waals surface area contributed by atoms with E-state index in [1.54, 1.807) is 0 Å². The van der Waals surface area contributed by atoms with Gasteiger partial charge in [0.05, 0.1) is 0 Å². The first-order valence-electron chi connectivity index (χ1n) is 10.8. The number of carbonyl (C=O) groups excluding carboxylic acids is 2. The van der Waals surface area contributed by atoms with Crippen LogP contribution in [0.2, 0.25) is 0 Å². The molecule has 1 aromatic rings. The van der Waals surface area contributed by atoms with Gasteiger partial charge in [0.15, 0.2) is 0 Å². The maximum atomic E-state index is 14.3. The number of hydrogen-bond acceptors (Lipinski definition) is 3. The van der Waals surface area contributed by atoms with Crippen molar-refractivity contribution in [2.75, 3.05) is 11.9 Å². The quantitative estimate of drug-likeness (QED) is 0.207. The van der Waals surface area contributed by atoms with Crippen LogP contribution in [0.3, 0.4) is 0 Å². The Labute approximate surface area is 203 Å². The van der Waals surface area contributed by atoms with Gasteiger partial charge in [-0.2, -0.15) is 48.3 Å². The molecular weight excluding hydrogens is 537 g/mol. The van der Waals surface area contributed by atoms with Crippen LogP contribution in [0.1, 0.15) is 55.8 Å². The number of halogens is 11. The van der Waals surface area contributed by atoms with Gasteiger partial charge in [-0.25, -0.2) is 0 Å². The van der Waals surface area contributed by atoms with Crippen LogP contribution in [0.5, 0.6) is 0 Å². The van der Waals surface area contributed by atoms with Crippen molar-refractivity contribution >= 4 is 17.5 Å². The number of carbonyl (C=O) groups is 2. The Kier molecular flexibility index (Phi) is 10.7. The molecule has 16 heteroatoms. The number of rotatable bonds is 13. The van der Waals surface area contributed by atoms with E-state index >= 15 is 0 Å². The highest BCUT2D eigenvalue weighted by molar-refractivity contribution is 5.98. The Bertz CT molecular complexity index is 902. The van der Waals surface area contributed by atoms with Gasteiger partial charge in [-0.05, 0) is 30.7 Å². The molecule has 5 nitrogen and oxygen atoms in total. The van der Waals surface area contributed by atoms with Crippen LogP contribution in [0, 0.1) is 0 Å². The Morgan fingerprint density at radius 2 is 1.27 bits per heavy atom. The van der Waals surface area contributed by atoms with Gasteiger partial charge in [0.1, 0.15) is 0 Å². The lowest BCUT2D eigenvalue weighted by Crippen LogP contribution is -2.62. The van der Waals surface area contributed by atoms with Crippen LogP contribution >= 0.6 is 0 Å². The molecule has 0 spiro atoms. The highest BCUT2D eigenvalue weighted by Crippen LogP contribution is 2.51. The zero-order valence-corrected chi connectivity index (χ0v) is 19.1. The molecule has 0 aliphatic heterocycles. The van der Waals surface area contributed by atoms with E-state index in [4.69, 9.17) is 0 Å². The van der Waals surface area contributed by atoms with Crippen molar-refractivity contribution in [2.24, 2.45) is 0 Å². The second-order valence-electron chi connectivity index (χ2n) is 7.84. The number of hydrogen-bond donors (Lipinski definition) is 2. The summed E-state index contributed by atoms with van der Waals surface area (Å²) in [6.07, 6.45) is -15.4. The second kappa shape index (κ2) is 12.3. The molecule has 0 aromatic heterocycles. The molecule has 1 aromatic carbocycles. The lowest BCUT2D eigenvalue weighted by atomic mass is 10.1. The largest absolute Gasteiger partial charge is 0.462 e. The van der Waals surface area contributed by atoms with Crippen LogP contribution in [-0.2, 0) is 9.53 Å². The summed E-state index contributed by atoms with van der Waals surface area (Å²) in [5.74, 6) is -17.4. The topological polar surface area (TPSA) is 67.4 Å². The maximum absolute atomic E-state index is 14.3. The van der Waals surface area contributed by atoms with E-state index in [0.29, 0.717) is 13.0 Å². The van der Waals surface area contributed by atoms with Crippen molar-refractivity contribution in [2.45, 2.75) is 75.7 Å². The van der Waals surface area contributed by atoms with E-state index in [2.05, 4.69) is 10.1 Å². The molecule has 37 heavy (non-hydrogen) atoms. The minimum Gasteiger partial charge on any atom is -0.352 e. The Balaban J connectivity index is 2.91. The van der Waals surface area contributed by atoms with E-state index in [0.717, 1.165) is 61.7 Å². The van der Waals surface area contributed by atoms with Gasteiger partial charge in [0, 0.05) is 17.8 Å². The third-order valence-corrected chi connectivity index (χ3v) is 4.87. The van der Waals surface area contributed by atoms with Crippen molar-refractivity contribution in [3.8, 4) is 0 Å². The summed E-state index contributed by atoms with van der Waals surface area (Å²) in [7, 11) is 0. The summed E-state index contributed by atoms with van der Waals surface area (Å²) in [4.78, 5) is 23.8. The smallest absolute Gasteiger partial charge is 0.352 e. The van der Waals surface area contributed by atoms with E-state index in [-0.39, 0.29) is 5.56 Å². The van der Waals surface area contributed by atoms with Crippen molar-refractivity contribution in [3.63, 3.8) is 0 Å². The molecule has 2 N–H and O–H groups in total. The summed E-state index contributed by atoms with van der Waals surface area (Å²) in [5, 5.41) is 3.64. The van der Waals surface area contributed by atoms with Crippen molar-refractivity contribution in [3.05, 3.63) is 29.8 Å². The fourth-order valence-electron chi connectivity index (χ4n) is 2.76. The van der Waals surface area contributed by atoms with E-state index < -0.39 is 47.7 Å². The average Bonchev–Trinajstić information content (AvgIpc) is 2.76. The first-order valence-corrected chi connectivity index (χ1v) is 10.8. The van der Waals surface area contributed by atoms with Crippen LogP contribution in [0.25, 0.3) is 0 Å². The number of ether oxygens (including phenoxy) is 1. The lowest BCUT2D eigenvalue weighted by molar-refractivity contribution is -0.472. The molecule has 0 bridgehead atoms. The average molecular weight is 560 g/mol. The number of benzene rings is 1. The number of amides is 2. The van der Waals surface area contributed by atoms with Crippen molar-refractivity contribution < 1.29 is 62.6 Å². The highest BCUT2D eigenvalue weighted by atomic mass is 19.4. The van der Waals surface area contributed by atoms with Gasteiger partial charge in [-0.15, -0.1) is 0 Å². The molecule has 1 atom stereocenters. The Morgan fingerprint density at radius 1 is 0.757 bits per heavy atom. The summed E-state index contributed by atoms with van der Waals surface area (Å²) >= 11 is 0. The molecule has 0 aliphatic carbocycles. The predicted molar refractivity (Wildman–Crippen MR) is 108 cm³/mol. The van der Waals surface area contributed by atoms with Crippen molar-refractivity contribution in [1.82, 2.24) is 5.32 Å². The molecule has 1 rings (SSSR count). The zero-order valence-electron chi connectivity index (χ0n) is 19.1. The maximum Gasteiger partial charge on any atom is 0.462 e. The minimum atomic E-state index is -7.28. The molecule has 0 radical (unpaired) electrons. The number of unbranched alkanes of at least 4 members (excludes halogenated alkanes) is 5. The highest BCUT2D eigenvalue weighted by Gasteiger charge is 2.79. The van der Waals surface area contributed by atoms with Gasteiger partial charge in [-0.3, -0.25) is 14.3 Å². The molecule has 0 aliphatic rings. The zero-order chi connectivity index (χ0) is 28.7. The second-order valence-corrected chi connectivity index (χ2v) is 7.84. The lowest BCUT2D eigenvalue weighted by Gasteiger charge is -2.34. The molecule has 0 saturated heterocycles. The van der Waals surface area contributed by atoms with Gasteiger partial charge in [0.25, 0.3) is 11.8 Å². The molecule has 0 heterocycles. The molecule has 1 unspecified atom stereocenters. The monoisotopic (exact) mass is 560 g/mol. The minimum absolute atomic E-state index is 0.0704. The van der Waals surface area contributed by atoms with E-state index in [9.17, 15) is 57.9 Å².